The van der Waals surface area contributed by atoms with E-state index in [-0.39, 0.29) is 17.3 Å². The second-order valence-electron chi connectivity index (χ2n) is 7.49. The Hall–Kier alpha value is -1.22. The molecule has 0 aliphatic heterocycles. The fourth-order valence-electron chi connectivity index (χ4n) is 2.27. The van der Waals surface area contributed by atoms with Crippen molar-refractivity contribution < 1.29 is 14.2 Å². The standard InChI is InChI=1S/C17H25ClO3/c1-16(2,3)12-9-11(7-8-14(19)21-18)10-13(15(12)20)17(4,5)6/h9-10,20H,7-8H2,1-6H3. The van der Waals surface area contributed by atoms with E-state index in [0.29, 0.717) is 12.2 Å². The Bertz CT molecular complexity index is 487. The Labute approximate surface area is 132 Å². The van der Waals surface area contributed by atoms with Crippen LogP contribution in [-0.2, 0) is 26.3 Å². The van der Waals surface area contributed by atoms with Crippen LogP contribution in [0.15, 0.2) is 12.1 Å². The van der Waals surface area contributed by atoms with E-state index in [0.717, 1.165) is 16.7 Å². The molecule has 118 valence electrons. The molecule has 0 fully saturated rings. The molecule has 0 saturated carbocycles. The number of hydrogen-bond acceptors (Lipinski definition) is 3. The van der Waals surface area contributed by atoms with E-state index in [1.54, 1.807) is 0 Å². The van der Waals surface area contributed by atoms with Crippen molar-refractivity contribution in [3.63, 3.8) is 0 Å². The van der Waals surface area contributed by atoms with Gasteiger partial charge in [-0.2, -0.15) is 0 Å². The van der Waals surface area contributed by atoms with Crippen LogP contribution in [0.2, 0.25) is 0 Å². The summed E-state index contributed by atoms with van der Waals surface area (Å²) < 4.78 is 4.17. The first-order chi connectivity index (χ1) is 9.46. The number of halogens is 1. The Kier molecular flexibility index (Phi) is 5.32. The van der Waals surface area contributed by atoms with Crippen LogP contribution in [0.1, 0.15) is 64.7 Å². The third kappa shape index (κ3) is 4.63. The average Bonchev–Trinajstić information content (AvgIpc) is 2.34. The van der Waals surface area contributed by atoms with E-state index in [9.17, 15) is 9.90 Å². The summed E-state index contributed by atoms with van der Waals surface area (Å²) in [7, 11) is 0. The molecule has 0 aliphatic carbocycles. The molecule has 21 heavy (non-hydrogen) atoms. The zero-order valence-corrected chi connectivity index (χ0v) is 14.5. The predicted molar refractivity (Wildman–Crippen MR) is 85.8 cm³/mol. The van der Waals surface area contributed by atoms with Gasteiger partial charge in [-0.05, 0) is 33.9 Å². The summed E-state index contributed by atoms with van der Waals surface area (Å²) in [4.78, 5) is 11.2. The minimum absolute atomic E-state index is 0.174. The molecule has 0 aliphatic rings. The highest BCUT2D eigenvalue weighted by atomic mass is 35.5. The lowest BCUT2D eigenvalue weighted by Gasteiger charge is -2.28. The van der Waals surface area contributed by atoms with Crippen molar-refractivity contribution in [2.45, 2.75) is 65.2 Å². The van der Waals surface area contributed by atoms with Crippen LogP contribution in [0.3, 0.4) is 0 Å². The highest BCUT2D eigenvalue weighted by Crippen LogP contribution is 2.39. The van der Waals surface area contributed by atoms with Gasteiger partial charge >= 0.3 is 5.97 Å². The van der Waals surface area contributed by atoms with Gasteiger partial charge in [0.05, 0.1) is 6.42 Å². The predicted octanol–water partition coefficient (Wildman–Crippen LogP) is 4.62. The van der Waals surface area contributed by atoms with Crippen LogP contribution < -0.4 is 0 Å². The Morgan fingerprint density at radius 2 is 1.52 bits per heavy atom. The highest BCUT2D eigenvalue weighted by molar-refractivity contribution is 6.13. The number of carbonyl (C=O) groups is 1. The first-order valence-electron chi connectivity index (χ1n) is 7.15. The molecule has 1 rings (SSSR count). The van der Waals surface area contributed by atoms with E-state index in [2.05, 4.69) is 45.8 Å². The fourth-order valence-corrected chi connectivity index (χ4v) is 2.34. The van der Waals surface area contributed by atoms with Crippen LogP contribution in [0.4, 0.5) is 0 Å². The maximum atomic E-state index is 11.2. The molecule has 0 heterocycles. The normalized spacial score (nSPS) is 12.3. The largest absolute Gasteiger partial charge is 0.507 e. The van der Waals surface area contributed by atoms with E-state index in [1.165, 1.54) is 0 Å². The number of rotatable bonds is 3. The van der Waals surface area contributed by atoms with Gasteiger partial charge in [-0.1, -0.05) is 53.7 Å². The maximum absolute atomic E-state index is 11.2. The first kappa shape index (κ1) is 17.8. The SMILES string of the molecule is CC(C)(C)c1cc(CCC(=O)OCl)cc(C(C)(C)C)c1O. The van der Waals surface area contributed by atoms with Crippen LogP contribution >= 0.6 is 11.9 Å². The van der Waals surface area contributed by atoms with E-state index in [4.69, 9.17) is 11.9 Å². The third-order valence-corrected chi connectivity index (χ3v) is 3.66. The summed E-state index contributed by atoms with van der Waals surface area (Å²) >= 11 is 5.06. The Morgan fingerprint density at radius 1 is 1.10 bits per heavy atom. The van der Waals surface area contributed by atoms with Crippen molar-refractivity contribution in [2.24, 2.45) is 0 Å². The monoisotopic (exact) mass is 312 g/mol. The first-order valence-corrected chi connectivity index (χ1v) is 7.46. The van der Waals surface area contributed by atoms with E-state index >= 15 is 0 Å². The molecule has 3 nitrogen and oxygen atoms in total. The molecule has 4 heteroatoms. The van der Waals surface area contributed by atoms with Gasteiger partial charge in [-0.3, -0.25) is 4.79 Å². The van der Waals surface area contributed by atoms with Crippen molar-refractivity contribution in [3.8, 4) is 5.75 Å². The van der Waals surface area contributed by atoms with E-state index in [1.807, 2.05) is 12.1 Å². The molecule has 0 bridgehead atoms. The summed E-state index contributed by atoms with van der Waals surface area (Å²) in [5, 5.41) is 10.6. The van der Waals surface area contributed by atoms with Crippen molar-refractivity contribution in [2.75, 3.05) is 0 Å². The van der Waals surface area contributed by atoms with Crippen molar-refractivity contribution in [1.82, 2.24) is 0 Å². The molecule has 1 aromatic carbocycles. The van der Waals surface area contributed by atoms with Crippen LogP contribution in [-0.4, -0.2) is 11.1 Å². The molecule has 0 amide bonds. The summed E-state index contributed by atoms with van der Waals surface area (Å²) in [5.74, 6) is -0.0990. The molecule has 0 spiro atoms. The quantitative estimate of drug-likeness (QED) is 0.886. The molecular formula is C17H25ClO3. The lowest BCUT2D eigenvalue weighted by Crippen LogP contribution is -2.18. The Balaban J connectivity index is 3.31. The van der Waals surface area contributed by atoms with Crippen molar-refractivity contribution in [1.29, 1.82) is 0 Å². The highest BCUT2D eigenvalue weighted by Gasteiger charge is 2.26. The summed E-state index contributed by atoms with van der Waals surface area (Å²) in [6.45, 7) is 12.4. The zero-order chi connectivity index (χ0) is 16.4. The van der Waals surface area contributed by atoms with Gasteiger partial charge in [0.15, 0.2) is 0 Å². The summed E-state index contributed by atoms with van der Waals surface area (Å²) in [5.41, 5.74) is 2.44. The molecule has 1 aromatic rings. The number of benzene rings is 1. The number of carbonyl (C=O) groups excluding carboxylic acids is 1. The summed E-state index contributed by atoms with van der Waals surface area (Å²) in [6.07, 6.45) is 0.763. The molecule has 1 N–H and O–H groups in total. The molecular weight excluding hydrogens is 288 g/mol. The van der Waals surface area contributed by atoms with Gasteiger partial charge < -0.3 is 9.40 Å². The van der Waals surface area contributed by atoms with Crippen LogP contribution in [0.25, 0.3) is 0 Å². The number of aromatic hydroxyl groups is 1. The second kappa shape index (κ2) is 6.27. The van der Waals surface area contributed by atoms with Gasteiger partial charge in [-0.25, -0.2) is 0 Å². The number of phenols is 1. The van der Waals surface area contributed by atoms with Gasteiger partial charge in [0.25, 0.3) is 0 Å². The molecule has 0 atom stereocenters. The molecule has 0 aromatic heterocycles. The van der Waals surface area contributed by atoms with Gasteiger partial charge in [-0.15, -0.1) is 0 Å². The van der Waals surface area contributed by atoms with Crippen LogP contribution in [0, 0.1) is 0 Å². The molecule has 0 unspecified atom stereocenters. The minimum Gasteiger partial charge on any atom is -0.507 e. The van der Waals surface area contributed by atoms with Gasteiger partial charge in [0.1, 0.15) is 17.6 Å². The smallest absolute Gasteiger partial charge is 0.325 e. The fraction of sp³-hybridized carbons (Fsp3) is 0.588. The molecule has 0 saturated heterocycles. The lowest BCUT2D eigenvalue weighted by molar-refractivity contribution is -0.133. The topological polar surface area (TPSA) is 46.5 Å². The van der Waals surface area contributed by atoms with Crippen molar-refractivity contribution in [3.05, 3.63) is 28.8 Å². The number of hydrogen-bond donors (Lipinski definition) is 1. The number of aryl methyl sites for hydroxylation is 1. The van der Waals surface area contributed by atoms with Crippen molar-refractivity contribution >= 4 is 17.8 Å². The van der Waals surface area contributed by atoms with Gasteiger partial charge in [0.2, 0.25) is 0 Å². The second-order valence-corrected chi connectivity index (χ2v) is 7.64. The Morgan fingerprint density at radius 3 is 1.86 bits per heavy atom. The number of phenolic OH excluding ortho intramolecular Hbond substituents is 1. The molecule has 0 radical (unpaired) electrons. The minimum atomic E-state index is -0.445. The van der Waals surface area contributed by atoms with Crippen LogP contribution in [0.5, 0.6) is 5.75 Å². The zero-order valence-electron chi connectivity index (χ0n) is 13.7. The third-order valence-electron chi connectivity index (χ3n) is 3.49. The average molecular weight is 313 g/mol. The summed E-state index contributed by atoms with van der Waals surface area (Å²) in [6, 6.07) is 3.93. The lowest BCUT2D eigenvalue weighted by atomic mass is 9.78. The van der Waals surface area contributed by atoms with E-state index < -0.39 is 5.97 Å². The van der Waals surface area contributed by atoms with Gasteiger partial charge in [0, 0.05) is 0 Å². The maximum Gasteiger partial charge on any atom is 0.325 e.